The van der Waals surface area contributed by atoms with Crippen LogP contribution >= 0.6 is 15.9 Å². The quantitative estimate of drug-likeness (QED) is 0.774. The zero-order valence-corrected chi connectivity index (χ0v) is 14.0. The number of allylic oxidation sites excluding steroid dienone is 2. The molecule has 2 nitrogen and oxygen atoms in total. The molecule has 20 heavy (non-hydrogen) atoms. The lowest BCUT2D eigenvalue weighted by atomic mass is 9.97. The average molecular weight is 336 g/mol. The molecule has 1 aliphatic rings. The first-order valence-corrected chi connectivity index (χ1v) is 7.91. The van der Waals surface area contributed by atoms with E-state index < -0.39 is 0 Å². The van der Waals surface area contributed by atoms with Gasteiger partial charge in [0, 0.05) is 16.9 Å². The van der Waals surface area contributed by atoms with Crippen LogP contribution in [0, 0.1) is 5.92 Å². The van der Waals surface area contributed by atoms with Crippen molar-refractivity contribution in [1.29, 1.82) is 0 Å². The smallest absolute Gasteiger partial charge is 0.162 e. The van der Waals surface area contributed by atoms with Crippen LogP contribution in [0.2, 0.25) is 0 Å². The minimum Gasteiger partial charge on any atom is -0.309 e. The standard InChI is InChI=1S/C17H22BrNO/c1-12(13-5-4-6-16(18)10-13)9-14-7-8-15(17(14)20)11-19(2)3/h4-6,9-10,12,15H,7-8,11H2,1-3H3. The highest BCUT2D eigenvalue weighted by molar-refractivity contribution is 9.10. The highest BCUT2D eigenvalue weighted by atomic mass is 79.9. The Kier molecular flexibility index (Phi) is 5.17. The maximum atomic E-state index is 12.4. The molecule has 1 saturated carbocycles. The van der Waals surface area contributed by atoms with Gasteiger partial charge in [-0.3, -0.25) is 4.79 Å². The van der Waals surface area contributed by atoms with Crippen molar-refractivity contribution in [2.24, 2.45) is 5.92 Å². The lowest BCUT2D eigenvalue weighted by molar-refractivity contribution is -0.118. The van der Waals surface area contributed by atoms with Crippen molar-refractivity contribution in [1.82, 2.24) is 4.90 Å². The molecule has 108 valence electrons. The average Bonchev–Trinajstić information content (AvgIpc) is 2.71. The first-order chi connectivity index (χ1) is 9.47. The molecule has 2 atom stereocenters. The van der Waals surface area contributed by atoms with E-state index in [0.717, 1.165) is 29.4 Å². The van der Waals surface area contributed by atoms with Crippen molar-refractivity contribution in [3.05, 3.63) is 46.0 Å². The monoisotopic (exact) mass is 335 g/mol. The molecule has 1 fully saturated rings. The predicted octanol–water partition coefficient (Wildman–Crippen LogP) is 4.02. The summed E-state index contributed by atoms with van der Waals surface area (Å²) in [6, 6.07) is 8.30. The summed E-state index contributed by atoms with van der Waals surface area (Å²) < 4.78 is 1.09. The van der Waals surface area contributed by atoms with E-state index in [1.54, 1.807) is 0 Å². The van der Waals surface area contributed by atoms with Gasteiger partial charge in [0.15, 0.2) is 5.78 Å². The molecule has 0 spiro atoms. The summed E-state index contributed by atoms with van der Waals surface area (Å²) in [6.07, 6.45) is 4.07. The molecule has 3 heteroatoms. The first-order valence-electron chi connectivity index (χ1n) is 7.12. The van der Waals surface area contributed by atoms with E-state index in [4.69, 9.17) is 0 Å². The summed E-state index contributed by atoms with van der Waals surface area (Å²) >= 11 is 3.50. The lowest BCUT2D eigenvalue weighted by Gasteiger charge is -2.14. The van der Waals surface area contributed by atoms with Crippen LogP contribution in [0.3, 0.4) is 0 Å². The number of hydrogen-bond donors (Lipinski definition) is 0. The maximum absolute atomic E-state index is 12.4. The molecule has 0 N–H and O–H groups in total. The molecular weight excluding hydrogens is 314 g/mol. The number of Topliss-reactive ketones (excluding diaryl/α,β-unsaturated/α-hetero) is 1. The van der Waals surface area contributed by atoms with Crippen LogP contribution in [0.1, 0.15) is 31.2 Å². The Morgan fingerprint density at radius 3 is 2.85 bits per heavy atom. The largest absolute Gasteiger partial charge is 0.309 e. The zero-order chi connectivity index (χ0) is 14.7. The minimum atomic E-state index is 0.186. The van der Waals surface area contributed by atoms with E-state index in [-0.39, 0.29) is 11.8 Å². The number of ketones is 1. The fourth-order valence-corrected chi connectivity index (χ4v) is 3.23. The third-order valence-corrected chi connectivity index (χ3v) is 4.35. The Morgan fingerprint density at radius 1 is 1.45 bits per heavy atom. The van der Waals surface area contributed by atoms with Gasteiger partial charge in [0.25, 0.3) is 0 Å². The number of nitrogens with zero attached hydrogens (tertiary/aromatic N) is 1. The molecule has 1 aromatic rings. The molecule has 2 unspecified atom stereocenters. The SMILES string of the molecule is CC(C=C1CCC(CN(C)C)C1=O)c1cccc(Br)c1. The fraction of sp³-hybridized carbons (Fsp3) is 0.471. The highest BCUT2D eigenvalue weighted by Gasteiger charge is 2.29. The first kappa shape index (κ1) is 15.5. The number of benzene rings is 1. The molecule has 0 aromatic heterocycles. The van der Waals surface area contributed by atoms with Crippen molar-refractivity contribution in [2.45, 2.75) is 25.7 Å². The van der Waals surface area contributed by atoms with Crippen LogP contribution < -0.4 is 0 Å². The van der Waals surface area contributed by atoms with E-state index in [1.807, 2.05) is 26.2 Å². The van der Waals surface area contributed by atoms with Gasteiger partial charge in [-0.25, -0.2) is 0 Å². The van der Waals surface area contributed by atoms with Crippen LogP contribution in [0.15, 0.2) is 40.4 Å². The third kappa shape index (κ3) is 3.80. The van der Waals surface area contributed by atoms with Gasteiger partial charge in [0.1, 0.15) is 0 Å². The van der Waals surface area contributed by atoms with Gasteiger partial charge in [0.05, 0.1) is 0 Å². The topological polar surface area (TPSA) is 20.3 Å². The van der Waals surface area contributed by atoms with E-state index in [0.29, 0.717) is 5.78 Å². The molecule has 0 radical (unpaired) electrons. The molecule has 0 heterocycles. The minimum absolute atomic E-state index is 0.186. The van der Waals surface area contributed by atoms with Gasteiger partial charge in [-0.05, 0) is 56.1 Å². The van der Waals surface area contributed by atoms with Gasteiger partial charge in [-0.1, -0.05) is 41.1 Å². The van der Waals surface area contributed by atoms with Crippen LogP contribution in [0.5, 0.6) is 0 Å². The summed E-state index contributed by atoms with van der Waals surface area (Å²) in [5.41, 5.74) is 2.26. The van der Waals surface area contributed by atoms with Gasteiger partial charge in [-0.2, -0.15) is 0 Å². The molecule has 0 saturated heterocycles. The second-order valence-corrected chi connectivity index (χ2v) is 6.81. The summed E-state index contributed by atoms with van der Waals surface area (Å²) in [5.74, 6) is 0.816. The Labute approximate surface area is 130 Å². The lowest BCUT2D eigenvalue weighted by Crippen LogP contribution is -2.24. The molecule has 2 rings (SSSR count). The fourth-order valence-electron chi connectivity index (χ4n) is 2.81. The number of carbonyl (C=O) groups excluding carboxylic acids is 1. The van der Waals surface area contributed by atoms with E-state index in [2.05, 4.69) is 46.0 Å². The van der Waals surface area contributed by atoms with Crippen molar-refractivity contribution < 1.29 is 4.79 Å². The molecule has 0 bridgehead atoms. The molecule has 1 aliphatic carbocycles. The highest BCUT2D eigenvalue weighted by Crippen LogP contribution is 2.30. The number of halogens is 1. The van der Waals surface area contributed by atoms with E-state index in [1.165, 1.54) is 5.56 Å². The van der Waals surface area contributed by atoms with Crippen LogP contribution in [0.4, 0.5) is 0 Å². The van der Waals surface area contributed by atoms with Crippen molar-refractivity contribution >= 4 is 21.7 Å². The van der Waals surface area contributed by atoms with Gasteiger partial charge >= 0.3 is 0 Å². The Balaban J connectivity index is 2.10. The second-order valence-electron chi connectivity index (χ2n) is 5.90. The van der Waals surface area contributed by atoms with Crippen molar-refractivity contribution in [2.75, 3.05) is 20.6 Å². The Hall–Kier alpha value is -0.930. The van der Waals surface area contributed by atoms with Crippen molar-refractivity contribution in [3.63, 3.8) is 0 Å². The van der Waals surface area contributed by atoms with E-state index >= 15 is 0 Å². The van der Waals surface area contributed by atoms with Gasteiger partial charge in [-0.15, -0.1) is 0 Å². The zero-order valence-electron chi connectivity index (χ0n) is 12.4. The molecular formula is C17H22BrNO. The van der Waals surface area contributed by atoms with Crippen LogP contribution in [0.25, 0.3) is 0 Å². The van der Waals surface area contributed by atoms with Crippen molar-refractivity contribution in [3.8, 4) is 0 Å². The summed E-state index contributed by atoms with van der Waals surface area (Å²) in [4.78, 5) is 14.5. The number of carbonyl (C=O) groups is 1. The predicted molar refractivity (Wildman–Crippen MR) is 86.9 cm³/mol. The van der Waals surface area contributed by atoms with E-state index in [9.17, 15) is 4.79 Å². The number of hydrogen-bond acceptors (Lipinski definition) is 2. The normalized spacial score (nSPS) is 22.8. The molecule has 1 aromatic carbocycles. The van der Waals surface area contributed by atoms with Crippen LogP contribution in [-0.4, -0.2) is 31.3 Å². The summed E-state index contributed by atoms with van der Waals surface area (Å²) in [7, 11) is 4.05. The van der Waals surface area contributed by atoms with Crippen LogP contribution in [-0.2, 0) is 4.79 Å². The maximum Gasteiger partial charge on any atom is 0.162 e. The Morgan fingerprint density at radius 2 is 2.20 bits per heavy atom. The van der Waals surface area contributed by atoms with Gasteiger partial charge < -0.3 is 4.90 Å². The number of rotatable bonds is 4. The molecule has 0 amide bonds. The van der Waals surface area contributed by atoms with Gasteiger partial charge in [0.2, 0.25) is 0 Å². The molecule has 0 aliphatic heterocycles. The summed E-state index contributed by atoms with van der Waals surface area (Å²) in [6.45, 7) is 3.02. The second kappa shape index (κ2) is 6.68. The Bertz CT molecular complexity index is 521. The third-order valence-electron chi connectivity index (χ3n) is 3.86. The summed E-state index contributed by atoms with van der Waals surface area (Å²) in [5, 5.41) is 0.